The average molecular weight is 224 g/mol. The smallest absolute Gasteiger partial charge is 0.407 e. The van der Waals surface area contributed by atoms with Gasteiger partial charge in [-0.25, -0.2) is 4.79 Å². The highest BCUT2D eigenvalue weighted by Gasteiger charge is 2.06. The van der Waals surface area contributed by atoms with E-state index in [0.29, 0.717) is 13.1 Å². The van der Waals surface area contributed by atoms with Crippen molar-refractivity contribution in [3.8, 4) is 0 Å². The zero-order valence-electron chi connectivity index (χ0n) is 9.16. The van der Waals surface area contributed by atoms with Crippen molar-refractivity contribution in [3.05, 3.63) is 0 Å². The molecule has 0 bridgehead atoms. The first-order valence-electron chi connectivity index (χ1n) is 5.20. The van der Waals surface area contributed by atoms with Gasteiger partial charge in [0, 0.05) is 13.1 Å². The van der Waals surface area contributed by atoms with Crippen LogP contribution in [0.4, 0.5) is 4.79 Å². The number of carboxylic acid groups (broad SMARTS) is 1. The molecule has 0 aromatic heterocycles. The molecule has 0 rings (SSSR count). The highest BCUT2D eigenvalue weighted by Crippen LogP contribution is 2.03. The largest absolute Gasteiger partial charge is 0.465 e. The molecule has 3 nitrogen and oxygen atoms in total. The van der Waals surface area contributed by atoms with E-state index in [4.69, 9.17) is 5.11 Å². The zero-order valence-corrected chi connectivity index (χ0v) is 9.98. The van der Waals surface area contributed by atoms with Gasteiger partial charge in [-0.15, -0.1) is 12.4 Å². The van der Waals surface area contributed by atoms with E-state index in [1.807, 2.05) is 6.92 Å². The Morgan fingerprint density at radius 1 is 1.14 bits per heavy atom. The lowest BCUT2D eigenvalue weighted by atomic mass is 10.1. The molecule has 0 saturated heterocycles. The number of carbonyl (C=O) groups is 1. The first-order chi connectivity index (χ1) is 6.22. The van der Waals surface area contributed by atoms with Gasteiger partial charge in [0.1, 0.15) is 0 Å². The monoisotopic (exact) mass is 223 g/mol. The van der Waals surface area contributed by atoms with Crippen LogP contribution < -0.4 is 0 Å². The maximum Gasteiger partial charge on any atom is 0.407 e. The first-order valence-corrected chi connectivity index (χ1v) is 5.20. The molecule has 14 heavy (non-hydrogen) atoms. The van der Waals surface area contributed by atoms with Gasteiger partial charge in [0.15, 0.2) is 0 Å². The molecule has 0 aromatic carbocycles. The van der Waals surface area contributed by atoms with E-state index in [-0.39, 0.29) is 12.4 Å². The number of hydrogen-bond donors (Lipinski definition) is 1. The van der Waals surface area contributed by atoms with E-state index >= 15 is 0 Å². The average Bonchev–Trinajstić information content (AvgIpc) is 2.10. The molecular formula is C10H22ClNO2. The summed E-state index contributed by atoms with van der Waals surface area (Å²) in [5, 5.41) is 8.70. The molecule has 0 fully saturated rings. The number of nitrogens with zero attached hydrogens (tertiary/aromatic N) is 1. The van der Waals surface area contributed by atoms with Crippen LogP contribution in [0, 0.1) is 0 Å². The zero-order chi connectivity index (χ0) is 10.1. The van der Waals surface area contributed by atoms with E-state index in [9.17, 15) is 4.79 Å². The van der Waals surface area contributed by atoms with E-state index < -0.39 is 6.09 Å². The van der Waals surface area contributed by atoms with Crippen molar-refractivity contribution in [2.45, 2.75) is 46.0 Å². The standard InChI is InChI=1S/C10H21NO2.ClH/c1-3-5-6-7-8-9-11(4-2)10(12)13;/h3-9H2,1-2H3,(H,12,13);1H. The van der Waals surface area contributed by atoms with E-state index in [1.165, 1.54) is 24.2 Å². The molecule has 86 valence electrons. The van der Waals surface area contributed by atoms with Gasteiger partial charge in [0.25, 0.3) is 0 Å². The molecule has 1 N–H and O–H groups in total. The molecular weight excluding hydrogens is 202 g/mol. The number of rotatable bonds is 7. The summed E-state index contributed by atoms with van der Waals surface area (Å²) in [6.07, 6.45) is 5.08. The number of amides is 1. The third-order valence-corrected chi connectivity index (χ3v) is 2.18. The van der Waals surface area contributed by atoms with Crippen LogP contribution in [0.3, 0.4) is 0 Å². The van der Waals surface area contributed by atoms with Crippen LogP contribution in [0.1, 0.15) is 46.0 Å². The summed E-state index contributed by atoms with van der Waals surface area (Å²) >= 11 is 0. The minimum absolute atomic E-state index is 0. The van der Waals surface area contributed by atoms with Crippen molar-refractivity contribution in [2.24, 2.45) is 0 Å². The highest BCUT2D eigenvalue weighted by atomic mass is 35.5. The summed E-state index contributed by atoms with van der Waals surface area (Å²) in [6.45, 7) is 5.34. The second kappa shape index (κ2) is 10.6. The molecule has 0 aliphatic carbocycles. The van der Waals surface area contributed by atoms with Crippen molar-refractivity contribution in [3.63, 3.8) is 0 Å². The first kappa shape index (κ1) is 16.0. The Morgan fingerprint density at radius 2 is 1.71 bits per heavy atom. The predicted molar refractivity (Wildman–Crippen MR) is 61.3 cm³/mol. The fourth-order valence-corrected chi connectivity index (χ4v) is 1.30. The van der Waals surface area contributed by atoms with Crippen molar-refractivity contribution in [1.82, 2.24) is 4.90 Å². The van der Waals surface area contributed by atoms with Gasteiger partial charge >= 0.3 is 6.09 Å². The summed E-state index contributed by atoms with van der Waals surface area (Å²) in [6, 6.07) is 0. The van der Waals surface area contributed by atoms with E-state index in [2.05, 4.69) is 6.92 Å². The minimum Gasteiger partial charge on any atom is -0.465 e. The fraction of sp³-hybridized carbons (Fsp3) is 0.900. The van der Waals surface area contributed by atoms with Crippen molar-refractivity contribution in [1.29, 1.82) is 0 Å². The second-order valence-electron chi connectivity index (χ2n) is 3.28. The Bertz CT molecular complexity index is 142. The van der Waals surface area contributed by atoms with Gasteiger partial charge < -0.3 is 10.0 Å². The maximum absolute atomic E-state index is 10.6. The molecule has 0 aliphatic heterocycles. The lowest BCUT2D eigenvalue weighted by Crippen LogP contribution is -2.29. The molecule has 0 radical (unpaired) electrons. The maximum atomic E-state index is 10.6. The SMILES string of the molecule is CCCCCCCN(CC)C(=O)O.Cl. The predicted octanol–water partition coefficient (Wildman–Crippen LogP) is 3.38. The molecule has 0 saturated carbocycles. The molecule has 0 spiro atoms. The second-order valence-corrected chi connectivity index (χ2v) is 3.28. The van der Waals surface area contributed by atoms with Crippen molar-refractivity contribution < 1.29 is 9.90 Å². The van der Waals surface area contributed by atoms with E-state index in [1.54, 1.807) is 0 Å². The van der Waals surface area contributed by atoms with Crippen molar-refractivity contribution in [2.75, 3.05) is 13.1 Å². The molecule has 0 aliphatic rings. The summed E-state index contributed by atoms with van der Waals surface area (Å²) < 4.78 is 0. The number of unbranched alkanes of at least 4 members (excludes halogenated alkanes) is 4. The van der Waals surface area contributed by atoms with Crippen LogP contribution in [0.15, 0.2) is 0 Å². The third-order valence-electron chi connectivity index (χ3n) is 2.18. The van der Waals surface area contributed by atoms with Gasteiger partial charge in [-0.3, -0.25) is 0 Å². The molecule has 0 atom stereocenters. The minimum atomic E-state index is -0.794. The molecule has 0 heterocycles. The number of hydrogen-bond acceptors (Lipinski definition) is 1. The lowest BCUT2D eigenvalue weighted by Gasteiger charge is -2.16. The number of halogens is 1. The molecule has 4 heteroatoms. The van der Waals surface area contributed by atoms with Crippen LogP contribution in [0.2, 0.25) is 0 Å². The Labute approximate surface area is 92.9 Å². The quantitative estimate of drug-likeness (QED) is 0.673. The van der Waals surface area contributed by atoms with Crippen LogP contribution in [-0.2, 0) is 0 Å². The summed E-state index contributed by atoms with van der Waals surface area (Å²) in [5.41, 5.74) is 0. The normalized spacial score (nSPS) is 9.29. The summed E-state index contributed by atoms with van der Waals surface area (Å²) in [5.74, 6) is 0. The van der Waals surface area contributed by atoms with Gasteiger partial charge in [-0.2, -0.15) is 0 Å². The van der Waals surface area contributed by atoms with Crippen LogP contribution >= 0.6 is 12.4 Å². The van der Waals surface area contributed by atoms with Crippen LogP contribution in [-0.4, -0.2) is 29.2 Å². The topological polar surface area (TPSA) is 40.5 Å². The Morgan fingerprint density at radius 3 is 2.14 bits per heavy atom. The summed E-state index contributed by atoms with van der Waals surface area (Å²) in [7, 11) is 0. The van der Waals surface area contributed by atoms with Crippen molar-refractivity contribution >= 4 is 18.5 Å². The lowest BCUT2D eigenvalue weighted by molar-refractivity contribution is 0.147. The van der Waals surface area contributed by atoms with Gasteiger partial charge in [-0.05, 0) is 13.3 Å². The Balaban J connectivity index is 0. The third kappa shape index (κ3) is 8.17. The van der Waals surface area contributed by atoms with Gasteiger partial charge in [0.05, 0.1) is 0 Å². The Hall–Kier alpha value is -0.440. The Kier molecular flexibility index (Phi) is 12.2. The van der Waals surface area contributed by atoms with Gasteiger partial charge in [-0.1, -0.05) is 32.6 Å². The summed E-state index contributed by atoms with van der Waals surface area (Å²) in [4.78, 5) is 12.0. The van der Waals surface area contributed by atoms with Gasteiger partial charge in [0.2, 0.25) is 0 Å². The highest BCUT2D eigenvalue weighted by molar-refractivity contribution is 5.85. The van der Waals surface area contributed by atoms with Crippen LogP contribution in [0.25, 0.3) is 0 Å². The molecule has 1 amide bonds. The molecule has 0 unspecified atom stereocenters. The fourth-order valence-electron chi connectivity index (χ4n) is 1.30. The van der Waals surface area contributed by atoms with Crippen LogP contribution in [0.5, 0.6) is 0 Å². The molecule has 0 aromatic rings. The van der Waals surface area contributed by atoms with E-state index in [0.717, 1.165) is 12.8 Å².